The quantitative estimate of drug-likeness (QED) is 0.491. The molecule has 0 bridgehead atoms. The molecule has 0 aliphatic carbocycles. The first-order valence-corrected chi connectivity index (χ1v) is 9.89. The lowest BCUT2D eigenvalue weighted by atomic mass is 10.2. The molecule has 4 aromatic rings. The van der Waals surface area contributed by atoms with Crippen molar-refractivity contribution in [2.24, 2.45) is 0 Å². The number of nitrogens with zero attached hydrogens (tertiary/aromatic N) is 2. The highest BCUT2D eigenvalue weighted by Gasteiger charge is 2.16. The molecule has 3 aromatic carbocycles. The minimum atomic E-state index is -0.656. The summed E-state index contributed by atoms with van der Waals surface area (Å²) in [6.07, 6.45) is -0.656. The third kappa shape index (κ3) is 4.35. The molecule has 0 saturated heterocycles. The van der Waals surface area contributed by atoms with Gasteiger partial charge in [-0.3, -0.25) is 9.69 Å². The molecule has 0 fully saturated rings. The first kappa shape index (κ1) is 20.1. The molecule has 4 rings (SSSR count). The fourth-order valence-corrected chi connectivity index (χ4v) is 3.90. The van der Waals surface area contributed by atoms with E-state index in [4.69, 9.17) is 0 Å². The van der Waals surface area contributed by atoms with Gasteiger partial charge < -0.3 is 15.0 Å². The fraction of sp³-hybridized carbons (Fsp3) is 0.208. The number of carbonyl (C=O) groups is 1. The summed E-state index contributed by atoms with van der Waals surface area (Å²) in [5.41, 5.74) is 2.56. The molecule has 0 saturated carbocycles. The molecular formula is C24H24FN3O2. The van der Waals surface area contributed by atoms with Crippen LogP contribution in [0.1, 0.15) is 0 Å². The fourth-order valence-electron chi connectivity index (χ4n) is 3.90. The van der Waals surface area contributed by atoms with Crippen molar-refractivity contribution in [1.82, 2.24) is 9.47 Å². The minimum Gasteiger partial charge on any atom is -0.390 e. The van der Waals surface area contributed by atoms with Crippen molar-refractivity contribution in [3.63, 3.8) is 0 Å². The molecule has 0 spiro atoms. The van der Waals surface area contributed by atoms with Gasteiger partial charge in [-0.15, -0.1) is 0 Å². The Labute approximate surface area is 174 Å². The molecule has 0 aliphatic rings. The van der Waals surface area contributed by atoms with Gasteiger partial charge in [-0.25, -0.2) is 4.39 Å². The van der Waals surface area contributed by atoms with Crippen molar-refractivity contribution in [3.8, 4) is 0 Å². The van der Waals surface area contributed by atoms with Gasteiger partial charge in [-0.05, 0) is 37.4 Å². The zero-order valence-corrected chi connectivity index (χ0v) is 16.8. The Bertz CT molecular complexity index is 1130. The number of para-hydroxylation sites is 2. The zero-order valence-electron chi connectivity index (χ0n) is 16.8. The van der Waals surface area contributed by atoms with Gasteiger partial charge >= 0.3 is 0 Å². The summed E-state index contributed by atoms with van der Waals surface area (Å²) in [5.74, 6) is -0.657. The van der Waals surface area contributed by atoms with Gasteiger partial charge in [0.05, 0.1) is 19.2 Å². The van der Waals surface area contributed by atoms with Crippen LogP contribution < -0.4 is 5.32 Å². The van der Waals surface area contributed by atoms with Crippen LogP contribution in [-0.2, 0) is 11.3 Å². The molecule has 30 heavy (non-hydrogen) atoms. The van der Waals surface area contributed by atoms with Crippen LogP contribution in [0, 0.1) is 5.82 Å². The summed E-state index contributed by atoms with van der Waals surface area (Å²) in [6, 6.07) is 22.1. The van der Waals surface area contributed by atoms with Gasteiger partial charge in [0, 0.05) is 34.0 Å². The molecular weight excluding hydrogens is 381 g/mol. The maximum atomic E-state index is 13.3. The van der Waals surface area contributed by atoms with Gasteiger partial charge in [-0.1, -0.05) is 42.5 Å². The van der Waals surface area contributed by atoms with Gasteiger partial charge in [0.2, 0.25) is 5.91 Å². The van der Waals surface area contributed by atoms with E-state index in [1.54, 1.807) is 24.1 Å². The highest BCUT2D eigenvalue weighted by molar-refractivity contribution is 6.07. The molecule has 1 amide bonds. The van der Waals surface area contributed by atoms with Crippen LogP contribution in [0.2, 0.25) is 0 Å². The van der Waals surface area contributed by atoms with E-state index in [0.717, 1.165) is 21.8 Å². The van der Waals surface area contributed by atoms with Crippen molar-refractivity contribution in [2.75, 3.05) is 25.5 Å². The number of rotatable bonds is 7. The van der Waals surface area contributed by atoms with E-state index in [1.807, 2.05) is 24.3 Å². The molecule has 0 unspecified atom stereocenters. The number of aromatic nitrogens is 1. The van der Waals surface area contributed by atoms with E-state index in [9.17, 15) is 14.3 Å². The van der Waals surface area contributed by atoms with Gasteiger partial charge in [-0.2, -0.15) is 0 Å². The molecule has 0 radical (unpaired) electrons. The predicted molar refractivity (Wildman–Crippen MR) is 118 cm³/mol. The number of hydrogen-bond donors (Lipinski definition) is 2. The Kier molecular flexibility index (Phi) is 5.79. The second kappa shape index (κ2) is 8.65. The van der Waals surface area contributed by atoms with Gasteiger partial charge in [0.15, 0.2) is 0 Å². The monoisotopic (exact) mass is 405 g/mol. The number of halogens is 1. The number of nitrogens with one attached hydrogen (secondary N) is 1. The molecule has 5 nitrogen and oxygen atoms in total. The molecule has 1 aromatic heterocycles. The lowest BCUT2D eigenvalue weighted by Crippen LogP contribution is -2.37. The summed E-state index contributed by atoms with van der Waals surface area (Å²) in [4.78, 5) is 14.0. The topological polar surface area (TPSA) is 57.5 Å². The van der Waals surface area contributed by atoms with E-state index in [2.05, 4.69) is 34.1 Å². The average Bonchev–Trinajstić information content (AvgIpc) is 3.02. The summed E-state index contributed by atoms with van der Waals surface area (Å²) < 4.78 is 15.4. The van der Waals surface area contributed by atoms with E-state index in [1.165, 1.54) is 12.1 Å². The van der Waals surface area contributed by atoms with E-state index in [-0.39, 0.29) is 12.5 Å². The van der Waals surface area contributed by atoms with Crippen LogP contribution in [0.15, 0.2) is 72.8 Å². The van der Waals surface area contributed by atoms with Crippen LogP contribution >= 0.6 is 0 Å². The van der Waals surface area contributed by atoms with Crippen LogP contribution in [0.4, 0.5) is 10.1 Å². The lowest BCUT2D eigenvalue weighted by molar-refractivity contribution is -0.117. The summed E-state index contributed by atoms with van der Waals surface area (Å²) in [5, 5.41) is 15.7. The van der Waals surface area contributed by atoms with Crippen LogP contribution in [0.25, 0.3) is 21.8 Å². The third-order valence-electron chi connectivity index (χ3n) is 5.12. The number of fused-ring (bicyclic) bond motifs is 3. The van der Waals surface area contributed by atoms with Crippen LogP contribution in [0.3, 0.4) is 0 Å². The van der Waals surface area contributed by atoms with E-state index < -0.39 is 11.9 Å². The number of amides is 1. The number of hydrogen-bond acceptors (Lipinski definition) is 3. The van der Waals surface area contributed by atoms with Crippen LogP contribution in [-0.4, -0.2) is 46.7 Å². The van der Waals surface area contributed by atoms with Crippen molar-refractivity contribution in [1.29, 1.82) is 0 Å². The number of aliphatic hydroxyl groups is 1. The Hall–Kier alpha value is -3.22. The predicted octanol–water partition coefficient (Wildman–Crippen LogP) is 3.87. The molecule has 2 N–H and O–H groups in total. The number of benzene rings is 3. The maximum Gasteiger partial charge on any atom is 0.238 e. The average molecular weight is 405 g/mol. The largest absolute Gasteiger partial charge is 0.390 e. The normalized spacial score (nSPS) is 12.5. The Morgan fingerprint density at radius 2 is 1.67 bits per heavy atom. The standard InChI is InChI=1S/C24H24FN3O2/c1-27(16-24(30)26-18-8-6-7-17(25)13-18)14-19(29)15-28-22-11-4-2-9-20(22)21-10-3-5-12-23(21)28/h2-13,19,29H,14-16H2,1H3,(H,26,30)/t19-/m1/s1. The molecule has 154 valence electrons. The van der Waals surface area contributed by atoms with Crippen molar-refractivity contribution < 1.29 is 14.3 Å². The Morgan fingerprint density at radius 3 is 2.30 bits per heavy atom. The SMILES string of the molecule is CN(CC(=O)Nc1cccc(F)c1)C[C@@H](O)Cn1c2ccccc2c2ccccc21. The summed E-state index contributed by atoms with van der Waals surface area (Å²) in [7, 11) is 1.78. The molecule has 6 heteroatoms. The first-order chi connectivity index (χ1) is 14.5. The summed E-state index contributed by atoms with van der Waals surface area (Å²) in [6.45, 7) is 0.849. The molecule has 1 heterocycles. The number of aliphatic hydroxyl groups excluding tert-OH is 1. The highest BCUT2D eigenvalue weighted by atomic mass is 19.1. The van der Waals surface area contributed by atoms with Gasteiger partial charge in [0.1, 0.15) is 5.82 Å². The van der Waals surface area contributed by atoms with Crippen molar-refractivity contribution >= 4 is 33.4 Å². The van der Waals surface area contributed by atoms with E-state index >= 15 is 0 Å². The highest BCUT2D eigenvalue weighted by Crippen LogP contribution is 2.28. The Morgan fingerprint density at radius 1 is 1.03 bits per heavy atom. The summed E-state index contributed by atoms with van der Waals surface area (Å²) >= 11 is 0. The smallest absolute Gasteiger partial charge is 0.238 e. The second-order valence-corrected chi connectivity index (χ2v) is 7.55. The maximum absolute atomic E-state index is 13.3. The second-order valence-electron chi connectivity index (χ2n) is 7.55. The zero-order chi connectivity index (χ0) is 21.1. The van der Waals surface area contributed by atoms with Crippen LogP contribution in [0.5, 0.6) is 0 Å². The van der Waals surface area contributed by atoms with E-state index in [0.29, 0.717) is 18.8 Å². The van der Waals surface area contributed by atoms with Crippen molar-refractivity contribution in [2.45, 2.75) is 12.6 Å². The minimum absolute atomic E-state index is 0.0980. The first-order valence-electron chi connectivity index (χ1n) is 9.89. The van der Waals surface area contributed by atoms with Crippen molar-refractivity contribution in [3.05, 3.63) is 78.6 Å². The molecule has 0 aliphatic heterocycles. The molecule has 1 atom stereocenters. The Balaban J connectivity index is 1.42. The number of likely N-dealkylation sites (N-methyl/N-ethyl adjacent to an activating group) is 1. The lowest BCUT2D eigenvalue weighted by Gasteiger charge is -2.21. The van der Waals surface area contributed by atoms with Gasteiger partial charge in [0.25, 0.3) is 0 Å². The number of anilines is 1. The third-order valence-corrected chi connectivity index (χ3v) is 5.12. The number of carbonyl (C=O) groups excluding carboxylic acids is 1.